The predicted molar refractivity (Wildman–Crippen MR) is 134 cm³/mol. The van der Waals surface area contributed by atoms with Crippen LogP contribution in [0.15, 0.2) is 54.2 Å². The van der Waals surface area contributed by atoms with Crippen LogP contribution < -0.4 is 10.5 Å². The van der Waals surface area contributed by atoms with Crippen LogP contribution in [0, 0.1) is 17.2 Å². The Morgan fingerprint density at radius 1 is 1.25 bits per heavy atom. The lowest BCUT2D eigenvalue weighted by Crippen LogP contribution is -2.49. The minimum absolute atomic E-state index is 0.276. The molecule has 0 aliphatic heterocycles. The van der Waals surface area contributed by atoms with Gasteiger partial charge >= 0.3 is 0 Å². The van der Waals surface area contributed by atoms with Crippen LogP contribution in [0.3, 0.4) is 0 Å². The highest BCUT2D eigenvalue weighted by Crippen LogP contribution is 2.66. The number of hydrogen-bond acceptors (Lipinski definition) is 4. The zero-order valence-corrected chi connectivity index (χ0v) is 20.3. The summed E-state index contributed by atoms with van der Waals surface area (Å²) in [5.74, 6) is 0.0991. The van der Waals surface area contributed by atoms with Gasteiger partial charge in [0, 0.05) is 5.41 Å². The molecule has 1 heterocycles. The van der Waals surface area contributed by atoms with E-state index in [1.165, 1.54) is 24.8 Å². The first-order chi connectivity index (χ1) is 17.4. The molecule has 3 N–H and O–H groups in total. The highest BCUT2D eigenvalue weighted by atomic mass is 19.1. The van der Waals surface area contributed by atoms with E-state index in [2.05, 4.69) is 11.2 Å². The van der Waals surface area contributed by atoms with Crippen molar-refractivity contribution in [3.8, 4) is 11.4 Å². The number of fused-ring (bicyclic) bond motifs is 2. The van der Waals surface area contributed by atoms with Gasteiger partial charge in [-0.3, -0.25) is 4.79 Å². The van der Waals surface area contributed by atoms with Crippen molar-refractivity contribution in [3.63, 3.8) is 0 Å². The van der Waals surface area contributed by atoms with Gasteiger partial charge in [-0.15, -0.1) is 0 Å². The Morgan fingerprint density at radius 3 is 2.72 bits per heavy atom. The Labute approximate surface area is 209 Å². The van der Waals surface area contributed by atoms with E-state index in [0.29, 0.717) is 36.5 Å². The molecule has 3 aromatic rings. The monoisotopic (exact) mass is 487 g/mol. The number of carbonyl (C=O) groups is 1. The number of nitrogens with zero attached hydrogens (tertiary/aromatic N) is 2. The number of aromatic nitrogens is 2. The zero-order chi connectivity index (χ0) is 25.1. The summed E-state index contributed by atoms with van der Waals surface area (Å²) < 4.78 is 20.7. The molecule has 2 atom stereocenters. The van der Waals surface area contributed by atoms with Gasteiger partial charge in [0.05, 0.1) is 35.9 Å². The summed E-state index contributed by atoms with van der Waals surface area (Å²) in [7, 11) is 1.53. The third-order valence-electron chi connectivity index (χ3n) is 8.61. The predicted octanol–water partition coefficient (Wildman–Crippen LogP) is 4.61. The van der Waals surface area contributed by atoms with Crippen molar-refractivity contribution in [2.24, 2.45) is 17.1 Å². The van der Waals surface area contributed by atoms with E-state index in [1.807, 2.05) is 23.0 Å². The van der Waals surface area contributed by atoms with Crippen molar-refractivity contribution in [2.45, 2.75) is 50.5 Å². The molecule has 6 rings (SSSR count). The Hall–Kier alpha value is -3.45. The zero-order valence-electron chi connectivity index (χ0n) is 20.3. The number of amides is 1. The van der Waals surface area contributed by atoms with E-state index in [-0.39, 0.29) is 11.2 Å². The van der Waals surface area contributed by atoms with Crippen LogP contribution in [0.25, 0.3) is 11.8 Å². The highest BCUT2D eigenvalue weighted by Gasteiger charge is 2.63. The number of carbonyl (C=O) groups excluding carboxylic acids is 1. The topological polar surface area (TPSA) is 90.4 Å². The molecule has 2 fully saturated rings. The molecule has 186 valence electrons. The Kier molecular flexibility index (Phi) is 5.30. The molecule has 36 heavy (non-hydrogen) atoms. The quantitative estimate of drug-likeness (QED) is 0.509. The summed E-state index contributed by atoms with van der Waals surface area (Å²) in [6.45, 7) is 0. The smallest absolute Gasteiger partial charge is 0.252 e. The lowest BCUT2D eigenvalue weighted by molar-refractivity contribution is -0.0661. The summed E-state index contributed by atoms with van der Waals surface area (Å²) in [5, 5.41) is 16.9. The molecule has 7 heteroatoms. The first-order valence-electron chi connectivity index (χ1n) is 12.6. The molecule has 2 aromatic carbocycles. The number of nitrogens with two attached hydrogens (primary N) is 1. The number of ether oxygens (including phenoxy) is 1. The molecule has 1 aromatic heterocycles. The molecular weight excluding hydrogens is 457 g/mol. The van der Waals surface area contributed by atoms with Gasteiger partial charge in [-0.1, -0.05) is 17.7 Å². The van der Waals surface area contributed by atoms with Crippen LogP contribution in [0.4, 0.5) is 4.39 Å². The molecule has 0 spiro atoms. The molecular formula is C29H30FN3O3. The molecule has 0 saturated heterocycles. The first-order valence-corrected chi connectivity index (χ1v) is 12.6. The second kappa shape index (κ2) is 8.30. The first kappa shape index (κ1) is 23.0. The summed E-state index contributed by atoms with van der Waals surface area (Å²) in [4.78, 5) is 12.2. The van der Waals surface area contributed by atoms with Gasteiger partial charge < -0.3 is 15.6 Å². The van der Waals surface area contributed by atoms with Gasteiger partial charge in [-0.25, -0.2) is 9.07 Å². The summed E-state index contributed by atoms with van der Waals surface area (Å²) in [6, 6.07) is 11.9. The Balaban J connectivity index is 1.35. The lowest BCUT2D eigenvalue weighted by atomic mass is 9.61. The SMILES string of the molecule is COc1cccc(CCC2(O)CCC3=Cc4c(cnn4-c4ccc(F)cc4)CC32C2CC2)c1C(N)=O. The fraction of sp³-hybridized carbons (Fsp3) is 0.379. The summed E-state index contributed by atoms with van der Waals surface area (Å²) in [5.41, 5.74) is 9.88. The van der Waals surface area contributed by atoms with E-state index in [1.54, 1.807) is 18.2 Å². The third kappa shape index (κ3) is 3.40. The van der Waals surface area contributed by atoms with E-state index in [0.717, 1.165) is 48.2 Å². The van der Waals surface area contributed by atoms with Gasteiger partial charge in [-0.2, -0.15) is 5.10 Å². The number of aliphatic hydroxyl groups is 1. The molecule has 3 aliphatic carbocycles. The molecule has 0 radical (unpaired) electrons. The van der Waals surface area contributed by atoms with E-state index in [4.69, 9.17) is 10.5 Å². The molecule has 2 saturated carbocycles. The van der Waals surface area contributed by atoms with Crippen molar-refractivity contribution in [2.75, 3.05) is 7.11 Å². The summed E-state index contributed by atoms with van der Waals surface area (Å²) >= 11 is 0. The van der Waals surface area contributed by atoms with Crippen LogP contribution in [-0.2, 0) is 12.8 Å². The minimum Gasteiger partial charge on any atom is -0.496 e. The Morgan fingerprint density at radius 2 is 2.03 bits per heavy atom. The molecule has 3 aliphatic rings. The van der Waals surface area contributed by atoms with Crippen molar-refractivity contribution in [1.82, 2.24) is 9.78 Å². The van der Waals surface area contributed by atoms with E-state index >= 15 is 0 Å². The van der Waals surface area contributed by atoms with Crippen LogP contribution >= 0.6 is 0 Å². The van der Waals surface area contributed by atoms with Crippen LogP contribution in [0.5, 0.6) is 5.75 Å². The molecule has 1 amide bonds. The largest absolute Gasteiger partial charge is 0.496 e. The van der Waals surface area contributed by atoms with Crippen molar-refractivity contribution < 1.29 is 19.0 Å². The number of aryl methyl sites for hydroxylation is 1. The standard InChI is InChI=1S/C29H30FN3O3/c1-36-25-4-2-3-18(26(25)27(31)34)11-13-28(35)14-12-21-15-24-19(16-29(21,28)20-5-6-20)17-32-33(24)23-9-7-22(30)8-10-23/h2-4,7-10,15,17,20,35H,5-6,11-14,16H2,1H3,(H2,31,34). The van der Waals surface area contributed by atoms with Crippen molar-refractivity contribution in [1.29, 1.82) is 0 Å². The molecule has 0 bridgehead atoms. The fourth-order valence-electron chi connectivity index (χ4n) is 6.79. The maximum atomic E-state index is 13.5. The number of primary amides is 1. The average Bonchev–Trinajstić information content (AvgIpc) is 3.60. The second-order valence-electron chi connectivity index (χ2n) is 10.4. The molecule has 6 nitrogen and oxygen atoms in total. The van der Waals surface area contributed by atoms with Gasteiger partial charge in [-0.05, 0) is 98.4 Å². The number of methoxy groups -OCH3 is 1. The highest BCUT2D eigenvalue weighted by molar-refractivity contribution is 5.97. The van der Waals surface area contributed by atoms with E-state index in [9.17, 15) is 14.3 Å². The van der Waals surface area contributed by atoms with Crippen molar-refractivity contribution >= 4 is 12.0 Å². The third-order valence-corrected chi connectivity index (χ3v) is 8.61. The van der Waals surface area contributed by atoms with Crippen LogP contribution in [0.2, 0.25) is 0 Å². The number of hydrogen-bond donors (Lipinski definition) is 2. The summed E-state index contributed by atoms with van der Waals surface area (Å²) in [6.07, 6.45) is 9.62. The minimum atomic E-state index is -0.895. The van der Waals surface area contributed by atoms with Crippen LogP contribution in [0.1, 0.15) is 59.3 Å². The normalized spacial score (nSPS) is 24.7. The maximum Gasteiger partial charge on any atom is 0.252 e. The molecule has 2 unspecified atom stereocenters. The number of benzene rings is 2. The number of rotatable bonds is 7. The number of halogens is 1. The maximum absolute atomic E-state index is 13.5. The van der Waals surface area contributed by atoms with Crippen molar-refractivity contribution in [3.05, 3.63) is 82.4 Å². The van der Waals surface area contributed by atoms with E-state index < -0.39 is 11.5 Å². The lowest BCUT2D eigenvalue weighted by Gasteiger charge is -2.46. The average molecular weight is 488 g/mol. The van der Waals surface area contributed by atoms with Gasteiger partial charge in [0.25, 0.3) is 5.91 Å². The fourth-order valence-corrected chi connectivity index (χ4v) is 6.79. The van der Waals surface area contributed by atoms with Gasteiger partial charge in [0.1, 0.15) is 11.6 Å². The Bertz CT molecular complexity index is 1370. The second-order valence-corrected chi connectivity index (χ2v) is 10.4. The van der Waals surface area contributed by atoms with Gasteiger partial charge in [0.2, 0.25) is 0 Å². The van der Waals surface area contributed by atoms with Gasteiger partial charge in [0.15, 0.2) is 0 Å². The van der Waals surface area contributed by atoms with Crippen LogP contribution in [-0.4, -0.2) is 33.5 Å².